The van der Waals surface area contributed by atoms with Gasteiger partial charge in [-0.15, -0.1) is 0 Å². The van der Waals surface area contributed by atoms with E-state index in [2.05, 4.69) is 109 Å². The molecule has 1 unspecified atom stereocenters. The number of carbonyl (C=O) groups is 1. The maximum Gasteiger partial charge on any atom is 0.312 e. The molecular weight excluding hydrogens is 440 g/mol. The van der Waals surface area contributed by atoms with Crippen molar-refractivity contribution < 1.29 is 14.0 Å². The third-order valence-corrected chi connectivity index (χ3v) is 18.4. The van der Waals surface area contributed by atoms with Gasteiger partial charge in [-0.2, -0.15) is 0 Å². The molecule has 0 fully saturated rings. The Morgan fingerprint density at radius 1 is 0.788 bits per heavy atom. The summed E-state index contributed by atoms with van der Waals surface area (Å²) in [4.78, 5) is 13.3. The van der Waals surface area contributed by atoms with Gasteiger partial charge in [-0.1, -0.05) is 95.3 Å². The number of hydrogen-bond donors (Lipinski definition) is 0. The molecule has 1 atom stereocenters. The van der Waals surface area contributed by atoms with Crippen molar-refractivity contribution in [3.8, 4) is 0 Å². The van der Waals surface area contributed by atoms with E-state index in [4.69, 9.17) is 9.16 Å². The van der Waals surface area contributed by atoms with Crippen LogP contribution in [0.2, 0.25) is 37.3 Å². The zero-order valence-electron chi connectivity index (χ0n) is 25.5. The highest BCUT2D eigenvalue weighted by molar-refractivity contribution is 6.82. The quantitative estimate of drug-likeness (QED) is 0.161. The average molecular weight is 501 g/mol. The molecule has 0 bridgehead atoms. The Morgan fingerprint density at radius 3 is 1.58 bits per heavy atom. The SMILES string of the molecule is CCC(CC)(O[Si](C)(C)C(C)(C)C)[Si](C)(C)CCCOC(=O)C(C)(CC(C)(C)C)C(C)(C)C. The Labute approximate surface area is 210 Å². The van der Waals surface area contributed by atoms with E-state index in [0.29, 0.717) is 6.61 Å². The molecule has 0 spiro atoms. The van der Waals surface area contributed by atoms with Crippen LogP contribution >= 0.6 is 0 Å². The minimum absolute atomic E-state index is 0.0217. The van der Waals surface area contributed by atoms with E-state index in [1.165, 1.54) is 0 Å². The molecule has 5 heteroatoms. The van der Waals surface area contributed by atoms with E-state index < -0.39 is 21.8 Å². The Bertz CT molecular complexity index is 629. The van der Waals surface area contributed by atoms with Crippen LogP contribution in [0.15, 0.2) is 0 Å². The van der Waals surface area contributed by atoms with Crippen LogP contribution in [0.4, 0.5) is 0 Å². The lowest BCUT2D eigenvalue weighted by molar-refractivity contribution is -0.164. The zero-order chi connectivity index (χ0) is 26.7. The van der Waals surface area contributed by atoms with Gasteiger partial charge in [0.15, 0.2) is 8.32 Å². The van der Waals surface area contributed by atoms with Crippen LogP contribution in [-0.4, -0.2) is 34.2 Å². The molecule has 0 N–H and O–H groups in total. The fraction of sp³-hybridized carbons (Fsp3) is 0.964. The maximum atomic E-state index is 13.3. The molecule has 0 rings (SSSR count). The number of hydrogen-bond acceptors (Lipinski definition) is 3. The van der Waals surface area contributed by atoms with Gasteiger partial charge in [-0.25, -0.2) is 0 Å². The van der Waals surface area contributed by atoms with Crippen molar-refractivity contribution >= 4 is 22.4 Å². The fourth-order valence-electron chi connectivity index (χ4n) is 4.90. The number of carbonyl (C=O) groups excluding carboxylic acids is 1. The van der Waals surface area contributed by atoms with E-state index >= 15 is 0 Å². The first-order valence-electron chi connectivity index (χ1n) is 13.3. The van der Waals surface area contributed by atoms with Gasteiger partial charge >= 0.3 is 5.97 Å². The highest BCUT2D eigenvalue weighted by Gasteiger charge is 2.51. The fourth-order valence-corrected chi connectivity index (χ4v) is 11.7. The molecule has 0 aliphatic heterocycles. The normalized spacial score (nSPS) is 16.5. The topological polar surface area (TPSA) is 35.5 Å². The van der Waals surface area contributed by atoms with Crippen LogP contribution in [0, 0.1) is 16.2 Å². The van der Waals surface area contributed by atoms with Crippen molar-refractivity contribution in [3.63, 3.8) is 0 Å². The highest BCUT2D eigenvalue weighted by Crippen LogP contribution is 2.48. The minimum Gasteiger partial charge on any atom is -0.465 e. The van der Waals surface area contributed by atoms with Crippen LogP contribution in [0.5, 0.6) is 0 Å². The van der Waals surface area contributed by atoms with Gasteiger partial charge in [0.25, 0.3) is 0 Å². The summed E-state index contributed by atoms with van der Waals surface area (Å²) in [5.41, 5.74) is -0.582. The van der Waals surface area contributed by atoms with Crippen LogP contribution in [0.3, 0.4) is 0 Å². The summed E-state index contributed by atoms with van der Waals surface area (Å²) in [5, 5.41) is 0.180. The molecular formula is C28H60O3Si2. The number of rotatable bonds is 11. The van der Waals surface area contributed by atoms with Gasteiger partial charge in [0, 0.05) is 5.22 Å². The summed E-state index contributed by atoms with van der Waals surface area (Å²) >= 11 is 0. The lowest BCUT2D eigenvalue weighted by atomic mass is 9.61. The monoisotopic (exact) mass is 500 g/mol. The molecule has 0 aromatic carbocycles. The van der Waals surface area contributed by atoms with E-state index in [-0.39, 0.29) is 27.1 Å². The summed E-state index contributed by atoms with van der Waals surface area (Å²) in [6, 6.07) is 1.11. The summed E-state index contributed by atoms with van der Waals surface area (Å²) in [5.74, 6) is -0.0424. The van der Waals surface area contributed by atoms with Gasteiger partial charge < -0.3 is 9.16 Å². The summed E-state index contributed by atoms with van der Waals surface area (Å²) in [6.45, 7) is 37.0. The molecule has 0 aromatic heterocycles. The second-order valence-corrected chi connectivity index (χ2v) is 24.9. The molecule has 0 saturated heterocycles. The smallest absolute Gasteiger partial charge is 0.312 e. The summed E-state index contributed by atoms with van der Waals surface area (Å²) in [6.07, 6.45) is 3.85. The largest absolute Gasteiger partial charge is 0.465 e. The first kappa shape index (κ1) is 32.9. The van der Waals surface area contributed by atoms with Gasteiger partial charge in [0.05, 0.1) is 20.1 Å². The minimum atomic E-state index is -1.88. The molecule has 33 heavy (non-hydrogen) atoms. The standard InChI is InChI=1S/C28H60O3Si2/c1-17-28(18-2,31-33(15,16)26(9,10)11)32(13,14)21-19-20-30-23(29)27(12,25(6,7)8)22-24(3,4)5/h17-22H2,1-16H3. The number of ether oxygens (including phenoxy) is 1. The van der Waals surface area contributed by atoms with Gasteiger partial charge in [-0.05, 0) is 61.6 Å². The van der Waals surface area contributed by atoms with Crippen molar-refractivity contribution in [1.82, 2.24) is 0 Å². The predicted octanol–water partition coefficient (Wildman–Crippen LogP) is 9.24. The van der Waals surface area contributed by atoms with Crippen molar-refractivity contribution in [3.05, 3.63) is 0 Å². The summed E-state index contributed by atoms with van der Waals surface area (Å²) in [7, 11) is -3.62. The van der Waals surface area contributed by atoms with Crippen LogP contribution in [0.1, 0.15) is 109 Å². The summed E-state index contributed by atoms with van der Waals surface area (Å²) < 4.78 is 13.1. The van der Waals surface area contributed by atoms with Crippen molar-refractivity contribution in [2.75, 3.05) is 6.61 Å². The van der Waals surface area contributed by atoms with Gasteiger partial charge in [-0.3, -0.25) is 4.79 Å². The Kier molecular flexibility index (Phi) is 10.8. The second-order valence-electron chi connectivity index (χ2n) is 15.0. The van der Waals surface area contributed by atoms with E-state index in [9.17, 15) is 4.79 Å². The third-order valence-electron chi connectivity index (χ3n) is 8.80. The first-order valence-corrected chi connectivity index (χ1v) is 19.4. The van der Waals surface area contributed by atoms with Crippen molar-refractivity contribution in [1.29, 1.82) is 0 Å². The van der Waals surface area contributed by atoms with Gasteiger partial charge in [0.1, 0.15) is 0 Å². The molecule has 3 nitrogen and oxygen atoms in total. The molecule has 0 aliphatic rings. The zero-order valence-corrected chi connectivity index (χ0v) is 27.5. The second kappa shape index (κ2) is 10.9. The average Bonchev–Trinajstić information content (AvgIpc) is 2.59. The first-order chi connectivity index (χ1) is 14.4. The maximum absolute atomic E-state index is 13.3. The van der Waals surface area contributed by atoms with Crippen LogP contribution in [0.25, 0.3) is 0 Å². The lowest BCUT2D eigenvalue weighted by Crippen LogP contribution is -2.61. The molecule has 0 saturated carbocycles. The molecule has 0 amide bonds. The Hall–Kier alpha value is -0.136. The lowest BCUT2D eigenvalue weighted by Gasteiger charge is -2.52. The molecule has 0 radical (unpaired) electrons. The van der Waals surface area contributed by atoms with Crippen LogP contribution in [-0.2, 0) is 14.0 Å². The molecule has 0 aliphatic carbocycles. The Morgan fingerprint density at radius 2 is 1.24 bits per heavy atom. The highest BCUT2D eigenvalue weighted by atomic mass is 28.4. The van der Waals surface area contributed by atoms with Crippen molar-refractivity contribution in [2.45, 2.75) is 151 Å². The molecule has 0 heterocycles. The molecule has 198 valence electrons. The van der Waals surface area contributed by atoms with E-state index in [1.54, 1.807) is 0 Å². The van der Waals surface area contributed by atoms with E-state index in [1.807, 2.05) is 0 Å². The predicted molar refractivity (Wildman–Crippen MR) is 151 cm³/mol. The van der Waals surface area contributed by atoms with Crippen molar-refractivity contribution in [2.24, 2.45) is 16.2 Å². The van der Waals surface area contributed by atoms with Crippen LogP contribution < -0.4 is 0 Å². The van der Waals surface area contributed by atoms with Gasteiger partial charge in [0.2, 0.25) is 0 Å². The molecule has 0 aromatic rings. The third kappa shape index (κ3) is 8.20. The van der Waals surface area contributed by atoms with E-state index in [0.717, 1.165) is 31.7 Å². The Balaban J connectivity index is 5.41. The number of esters is 1.